The topological polar surface area (TPSA) is 32.8 Å². The number of epoxide rings is 1. The summed E-state index contributed by atoms with van der Waals surface area (Å²) in [6.45, 7) is 0.822. The summed E-state index contributed by atoms with van der Waals surface area (Å²) >= 11 is 5.86. The zero-order chi connectivity index (χ0) is 11.9. The van der Waals surface area contributed by atoms with Crippen LogP contribution in [-0.4, -0.2) is 17.3 Å². The number of hydrogen-bond acceptors (Lipinski definition) is 2. The summed E-state index contributed by atoms with van der Waals surface area (Å²) in [6.07, 6.45) is 4.16. The molecule has 1 aliphatic carbocycles. The van der Waals surface area contributed by atoms with Crippen molar-refractivity contribution < 1.29 is 9.84 Å². The van der Waals surface area contributed by atoms with E-state index < -0.39 is 6.10 Å². The number of halogens is 1. The molecule has 2 aliphatic rings. The molecule has 92 valence electrons. The Kier molecular flexibility index (Phi) is 2.89. The summed E-state index contributed by atoms with van der Waals surface area (Å²) in [5, 5.41) is 11.2. The highest BCUT2D eigenvalue weighted by atomic mass is 35.5. The number of aliphatic hydroxyl groups excluding tert-OH is 1. The Morgan fingerprint density at radius 1 is 1.29 bits per heavy atom. The van der Waals surface area contributed by atoms with Gasteiger partial charge in [-0.1, -0.05) is 36.6 Å². The van der Waals surface area contributed by atoms with Gasteiger partial charge in [-0.2, -0.15) is 0 Å². The maximum atomic E-state index is 10.5. The molecule has 0 aromatic heterocycles. The Balaban J connectivity index is 1.81. The van der Waals surface area contributed by atoms with Crippen LogP contribution in [0.5, 0.6) is 0 Å². The fraction of sp³-hybridized carbons (Fsp3) is 0.571. The van der Waals surface area contributed by atoms with Gasteiger partial charge in [-0.05, 0) is 30.5 Å². The third-order valence-corrected chi connectivity index (χ3v) is 4.40. The largest absolute Gasteiger partial charge is 0.388 e. The minimum Gasteiger partial charge on any atom is -0.388 e. The van der Waals surface area contributed by atoms with E-state index in [-0.39, 0.29) is 11.5 Å². The molecule has 1 aliphatic heterocycles. The molecular weight excluding hydrogens is 236 g/mol. The molecular formula is C14H17ClO2. The minimum absolute atomic E-state index is 0.0166. The van der Waals surface area contributed by atoms with Crippen LogP contribution >= 0.6 is 11.6 Å². The SMILES string of the molecule is O[C@H](c1ccc(Cl)cc1)[C@@H]1CCCC[C@]12CO2. The molecule has 2 fully saturated rings. The fourth-order valence-corrected chi connectivity index (χ4v) is 3.15. The standard InChI is InChI=1S/C14H17ClO2/c15-11-6-4-10(5-7-11)13(16)12-3-1-2-8-14(12)9-17-14/h4-7,12-13,16H,1-3,8-9H2/t12-,13+,14-/m0/s1. The van der Waals surface area contributed by atoms with E-state index in [0.29, 0.717) is 5.02 Å². The molecule has 1 saturated carbocycles. The number of rotatable bonds is 2. The van der Waals surface area contributed by atoms with Gasteiger partial charge in [-0.3, -0.25) is 0 Å². The van der Waals surface area contributed by atoms with Gasteiger partial charge in [-0.25, -0.2) is 0 Å². The molecule has 0 radical (unpaired) electrons. The molecule has 3 atom stereocenters. The summed E-state index contributed by atoms with van der Waals surface area (Å²) < 4.78 is 5.63. The highest BCUT2D eigenvalue weighted by molar-refractivity contribution is 6.30. The minimum atomic E-state index is -0.421. The monoisotopic (exact) mass is 252 g/mol. The lowest BCUT2D eigenvalue weighted by Gasteiger charge is -2.32. The van der Waals surface area contributed by atoms with Crippen LogP contribution in [0.3, 0.4) is 0 Å². The van der Waals surface area contributed by atoms with Crippen molar-refractivity contribution in [2.75, 3.05) is 6.61 Å². The first kappa shape index (κ1) is 11.5. The molecule has 1 spiro atoms. The second-order valence-corrected chi connectivity index (χ2v) is 5.64. The van der Waals surface area contributed by atoms with Crippen LogP contribution < -0.4 is 0 Å². The Morgan fingerprint density at radius 2 is 2.00 bits per heavy atom. The second-order valence-electron chi connectivity index (χ2n) is 5.20. The van der Waals surface area contributed by atoms with Crippen LogP contribution in [0, 0.1) is 5.92 Å². The molecule has 1 saturated heterocycles. The van der Waals surface area contributed by atoms with Gasteiger partial charge >= 0.3 is 0 Å². The summed E-state index contributed by atoms with van der Waals surface area (Å²) in [7, 11) is 0. The van der Waals surface area contributed by atoms with Crippen molar-refractivity contribution >= 4 is 11.6 Å². The average Bonchev–Trinajstić information content (AvgIpc) is 3.10. The molecule has 0 amide bonds. The highest BCUT2D eigenvalue weighted by Gasteiger charge is 2.54. The molecule has 1 N–H and O–H groups in total. The van der Waals surface area contributed by atoms with Crippen molar-refractivity contribution in [2.24, 2.45) is 5.92 Å². The molecule has 1 aromatic carbocycles. The number of benzene rings is 1. The van der Waals surface area contributed by atoms with Crippen molar-refractivity contribution in [3.63, 3.8) is 0 Å². The molecule has 17 heavy (non-hydrogen) atoms. The van der Waals surface area contributed by atoms with Gasteiger partial charge in [0.05, 0.1) is 18.3 Å². The zero-order valence-corrected chi connectivity index (χ0v) is 10.5. The van der Waals surface area contributed by atoms with E-state index in [1.807, 2.05) is 24.3 Å². The number of hydrogen-bond donors (Lipinski definition) is 1. The second kappa shape index (κ2) is 4.27. The van der Waals surface area contributed by atoms with E-state index in [1.165, 1.54) is 12.8 Å². The molecule has 0 bridgehead atoms. The fourth-order valence-electron chi connectivity index (χ4n) is 3.03. The lowest BCUT2D eigenvalue weighted by atomic mass is 9.74. The van der Waals surface area contributed by atoms with Crippen molar-refractivity contribution in [2.45, 2.75) is 37.4 Å². The van der Waals surface area contributed by atoms with Gasteiger partial charge < -0.3 is 9.84 Å². The summed E-state index contributed by atoms with van der Waals surface area (Å²) in [4.78, 5) is 0. The first-order chi connectivity index (χ1) is 8.21. The molecule has 1 aromatic rings. The highest BCUT2D eigenvalue weighted by Crippen LogP contribution is 2.50. The summed E-state index contributed by atoms with van der Waals surface area (Å²) in [5.74, 6) is 0.248. The quantitative estimate of drug-likeness (QED) is 0.819. The van der Waals surface area contributed by atoms with Crippen molar-refractivity contribution in [3.8, 4) is 0 Å². The van der Waals surface area contributed by atoms with E-state index in [9.17, 15) is 5.11 Å². The molecule has 1 heterocycles. The van der Waals surface area contributed by atoms with Gasteiger partial charge in [0, 0.05) is 10.9 Å². The number of aliphatic hydroxyl groups is 1. The van der Waals surface area contributed by atoms with Crippen LogP contribution in [0.2, 0.25) is 5.02 Å². The Morgan fingerprint density at radius 3 is 2.65 bits per heavy atom. The third kappa shape index (κ3) is 2.10. The lowest BCUT2D eigenvalue weighted by Crippen LogP contribution is -2.33. The smallest absolute Gasteiger partial charge is 0.0972 e. The summed E-state index contributed by atoms with van der Waals surface area (Å²) in [6, 6.07) is 7.50. The van der Waals surface area contributed by atoms with E-state index in [2.05, 4.69) is 0 Å². The molecule has 3 rings (SSSR count). The Bertz CT molecular complexity index is 397. The van der Waals surface area contributed by atoms with Gasteiger partial charge in [-0.15, -0.1) is 0 Å². The van der Waals surface area contributed by atoms with Crippen molar-refractivity contribution in [3.05, 3.63) is 34.9 Å². The Hall–Kier alpha value is -0.570. The first-order valence-electron chi connectivity index (χ1n) is 6.29. The maximum Gasteiger partial charge on any atom is 0.0972 e. The van der Waals surface area contributed by atoms with E-state index in [4.69, 9.17) is 16.3 Å². The van der Waals surface area contributed by atoms with Crippen LogP contribution in [0.4, 0.5) is 0 Å². The summed E-state index contributed by atoms with van der Waals surface area (Å²) in [5.41, 5.74) is 0.938. The molecule has 0 unspecified atom stereocenters. The molecule has 3 heteroatoms. The van der Waals surface area contributed by atoms with Gasteiger partial charge in [0.2, 0.25) is 0 Å². The van der Waals surface area contributed by atoms with Crippen LogP contribution in [-0.2, 0) is 4.74 Å². The normalized spacial score (nSPS) is 33.6. The van der Waals surface area contributed by atoms with Gasteiger partial charge in [0.15, 0.2) is 0 Å². The van der Waals surface area contributed by atoms with Gasteiger partial charge in [0.25, 0.3) is 0 Å². The molecule has 2 nitrogen and oxygen atoms in total. The Labute approximate surface area is 107 Å². The van der Waals surface area contributed by atoms with Gasteiger partial charge in [0.1, 0.15) is 0 Å². The predicted molar refractivity (Wildman–Crippen MR) is 67.1 cm³/mol. The van der Waals surface area contributed by atoms with Crippen LogP contribution in [0.15, 0.2) is 24.3 Å². The lowest BCUT2D eigenvalue weighted by molar-refractivity contribution is 0.0266. The van der Waals surface area contributed by atoms with Crippen molar-refractivity contribution in [1.82, 2.24) is 0 Å². The van der Waals surface area contributed by atoms with Crippen LogP contribution in [0.1, 0.15) is 37.4 Å². The van der Waals surface area contributed by atoms with E-state index in [0.717, 1.165) is 25.0 Å². The predicted octanol–water partition coefficient (Wildman–Crippen LogP) is 3.33. The zero-order valence-electron chi connectivity index (χ0n) is 9.73. The van der Waals surface area contributed by atoms with E-state index >= 15 is 0 Å². The van der Waals surface area contributed by atoms with E-state index in [1.54, 1.807) is 0 Å². The number of ether oxygens (including phenoxy) is 1. The third-order valence-electron chi connectivity index (χ3n) is 4.15. The van der Waals surface area contributed by atoms with Crippen molar-refractivity contribution in [1.29, 1.82) is 0 Å². The van der Waals surface area contributed by atoms with Crippen LogP contribution in [0.25, 0.3) is 0 Å². The first-order valence-corrected chi connectivity index (χ1v) is 6.67. The average molecular weight is 253 g/mol. The maximum absolute atomic E-state index is 10.5.